The summed E-state index contributed by atoms with van der Waals surface area (Å²) < 4.78 is 64.3. The minimum atomic E-state index is -3.15. The van der Waals surface area contributed by atoms with Crippen LogP contribution in [0.1, 0.15) is 83.3 Å². The van der Waals surface area contributed by atoms with E-state index in [0.29, 0.717) is 66.6 Å². The number of fused-ring (bicyclic) bond motifs is 15. The second-order valence-corrected chi connectivity index (χ2v) is 27.2. The Morgan fingerprint density at radius 3 is 1.45 bits per heavy atom. The number of para-hydroxylation sites is 3. The third-order valence-corrected chi connectivity index (χ3v) is 20.3. The number of nitrogens with two attached hydrogens (primary N) is 1. The largest absolute Gasteiger partial charge is 0.454 e. The molecule has 9 aliphatic rings. The predicted octanol–water partition coefficient (Wildman–Crippen LogP) is 5.10. The molecule has 12 heterocycles. The molecule has 490 valence electrons. The molecule has 26 nitrogen and oxygen atoms in total. The highest BCUT2D eigenvalue weighted by atomic mass is 32.2. The summed E-state index contributed by atoms with van der Waals surface area (Å²) in [7, 11) is -3.15. The Labute approximate surface area is 548 Å². The summed E-state index contributed by atoms with van der Waals surface area (Å²) in [5.74, 6) is 7.88. The fourth-order valence-electron chi connectivity index (χ4n) is 15.1. The Bertz CT molecular complexity index is 4950. The Hall–Kier alpha value is -11.1. The smallest absolute Gasteiger partial charge is 0.264 e. The summed E-state index contributed by atoms with van der Waals surface area (Å²) in [6, 6.07) is 36.7. The summed E-state index contributed by atoms with van der Waals surface area (Å²) in [5.41, 5.74) is 13.3. The van der Waals surface area contributed by atoms with Crippen LogP contribution in [0.2, 0.25) is 0 Å². The first-order valence-corrected chi connectivity index (χ1v) is 33.4. The number of hydrazine groups is 2. The zero-order chi connectivity index (χ0) is 66.9. The molecule has 0 radical (unpaired) electrons. The number of hydrogen-bond acceptors (Lipinski definition) is 16. The van der Waals surface area contributed by atoms with Crippen molar-refractivity contribution in [1.82, 2.24) is 50.0 Å². The molecule has 9 aliphatic heterocycles. The summed E-state index contributed by atoms with van der Waals surface area (Å²) in [4.78, 5) is 107. The maximum Gasteiger partial charge on any atom is 0.264 e. The first kappa shape index (κ1) is 58.7. The molecular weight excluding hydrogens is 1250 g/mol. The van der Waals surface area contributed by atoms with E-state index < -0.39 is 52.4 Å². The summed E-state index contributed by atoms with van der Waals surface area (Å²) in [5, 5.41) is 5.17. The number of carbonyl (C=O) groups is 7. The fraction of sp³-hybridized carbons (Fsp3) is 0.290. The summed E-state index contributed by atoms with van der Waals surface area (Å²) in [6.45, 7) is 1.58. The molecule has 18 rings (SSSR count). The summed E-state index contributed by atoms with van der Waals surface area (Å²) in [6.07, 6.45) is 1.54. The van der Waals surface area contributed by atoms with Crippen molar-refractivity contribution in [2.75, 3.05) is 51.8 Å². The molecule has 6 N–H and O–H groups in total. The Morgan fingerprint density at radius 1 is 0.542 bits per heavy atom. The van der Waals surface area contributed by atoms with E-state index in [9.17, 15) is 42.0 Å². The van der Waals surface area contributed by atoms with Crippen LogP contribution in [0, 0.1) is 0 Å². The van der Waals surface area contributed by atoms with E-state index in [4.69, 9.17) is 35.6 Å². The molecule has 96 heavy (non-hydrogen) atoms. The van der Waals surface area contributed by atoms with Crippen molar-refractivity contribution >= 4 is 84.4 Å². The van der Waals surface area contributed by atoms with Crippen molar-refractivity contribution in [2.45, 2.75) is 75.1 Å². The first-order valence-electron chi connectivity index (χ1n) is 31.8. The Morgan fingerprint density at radius 2 is 0.958 bits per heavy atom. The van der Waals surface area contributed by atoms with Crippen LogP contribution >= 0.6 is 0 Å². The molecule has 0 spiro atoms. The van der Waals surface area contributed by atoms with Crippen molar-refractivity contribution in [3.8, 4) is 34.5 Å². The van der Waals surface area contributed by atoms with Crippen molar-refractivity contribution < 1.29 is 71.8 Å². The number of aromatic nitrogens is 3. The molecule has 0 aliphatic carbocycles. The number of ether oxygens (including phenoxy) is 6. The highest BCUT2D eigenvalue weighted by Crippen LogP contribution is 2.49. The van der Waals surface area contributed by atoms with Gasteiger partial charge in [0.1, 0.15) is 42.4 Å². The number of aromatic amines is 3. The lowest BCUT2D eigenvalue weighted by Crippen LogP contribution is -2.65. The van der Waals surface area contributed by atoms with Gasteiger partial charge in [-0.25, -0.2) is 19.3 Å². The number of amides is 7. The van der Waals surface area contributed by atoms with E-state index in [1.54, 1.807) is 26.8 Å². The highest BCUT2D eigenvalue weighted by Gasteiger charge is 2.52. The van der Waals surface area contributed by atoms with Crippen LogP contribution in [0.3, 0.4) is 0 Å². The first-order chi connectivity index (χ1) is 46.8. The monoisotopic (exact) mass is 1320 g/mol. The van der Waals surface area contributed by atoms with E-state index in [2.05, 4.69) is 20.4 Å². The number of piperazine rings is 3. The SMILES string of the molecule is CS(=O)(=O)CCCN1CC(=O)N2[C@H](c3ccc4c(c3)OCO4)c3[nH]c4ccccc4c3C[C@@H]2C1=O.O=CNN1CC(=O)N2[C@H](c3ccc4c(c3)OCO4)c3[nH]c4ccccc4c3C[C@@H]2C1=O.[2H]C1(C)Oc2ccc([C@@H]3c4[nH]c5ccccc5c4CC4C(=O)N(N)CC(=O)N43)cc2O1. The average Bonchev–Trinajstić information content (AvgIpc) is 1.69. The molecule has 7 atom stereocenters. The van der Waals surface area contributed by atoms with Crippen molar-refractivity contribution in [3.63, 3.8) is 0 Å². The topological polar surface area (TPSA) is 314 Å². The van der Waals surface area contributed by atoms with Gasteiger partial charge >= 0.3 is 0 Å². The minimum absolute atomic E-state index is 0.0221. The normalized spacial score (nSPS) is 23.6. The van der Waals surface area contributed by atoms with Crippen LogP contribution in [-0.4, -0.2) is 171 Å². The van der Waals surface area contributed by atoms with Crippen LogP contribution in [0.4, 0.5) is 0 Å². The lowest BCUT2D eigenvalue weighted by Gasteiger charge is -2.47. The molecule has 9 aromatic rings. The predicted molar refractivity (Wildman–Crippen MR) is 343 cm³/mol. The van der Waals surface area contributed by atoms with Gasteiger partial charge in [0.05, 0.1) is 30.4 Å². The van der Waals surface area contributed by atoms with E-state index in [-0.39, 0.29) is 81.0 Å². The van der Waals surface area contributed by atoms with E-state index in [1.165, 1.54) is 18.1 Å². The minimum Gasteiger partial charge on any atom is -0.454 e. The Balaban J connectivity index is 0.000000114. The number of sulfone groups is 1. The molecule has 3 fully saturated rings. The maximum atomic E-state index is 13.6. The number of H-pyrrole nitrogens is 3. The van der Waals surface area contributed by atoms with Crippen molar-refractivity contribution in [1.29, 1.82) is 0 Å². The molecule has 7 amide bonds. The van der Waals surface area contributed by atoms with Crippen LogP contribution in [-0.2, 0) is 62.7 Å². The van der Waals surface area contributed by atoms with Gasteiger partial charge in [-0.15, -0.1) is 0 Å². The molecule has 27 heteroatoms. The van der Waals surface area contributed by atoms with E-state index in [1.807, 2.05) is 115 Å². The van der Waals surface area contributed by atoms with E-state index in [0.717, 1.165) is 93.2 Å². The Kier molecular flexibility index (Phi) is 14.2. The third-order valence-electron chi connectivity index (χ3n) is 19.3. The van der Waals surface area contributed by atoms with Gasteiger partial charge in [-0.2, -0.15) is 0 Å². The quantitative estimate of drug-likeness (QED) is 0.0713. The molecule has 6 aromatic carbocycles. The fourth-order valence-corrected chi connectivity index (χ4v) is 15.8. The molecule has 0 saturated carbocycles. The summed E-state index contributed by atoms with van der Waals surface area (Å²) >= 11 is 0. The van der Waals surface area contributed by atoms with Crippen LogP contribution < -0.4 is 39.7 Å². The number of benzene rings is 6. The van der Waals surface area contributed by atoms with E-state index >= 15 is 0 Å². The molecule has 2 unspecified atom stereocenters. The second-order valence-electron chi connectivity index (χ2n) is 25.0. The second kappa shape index (κ2) is 23.1. The van der Waals surface area contributed by atoms with Gasteiger partial charge in [0.15, 0.2) is 34.5 Å². The number of hydrogen-bond donors (Lipinski definition) is 5. The molecule has 3 saturated heterocycles. The van der Waals surface area contributed by atoms with Gasteiger partial charge in [0.2, 0.25) is 49.9 Å². The number of carbonyl (C=O) groups excluding carboxylic acids is 7. The lowest BCUT2D eigenvalue weighted by molar-refractivity contribution is -0.162. The average molecular weight is 1320 g/mol. The van der Waals surface area contributed by atoms with Crippen LogP contribution in [0.25, 0.3) is 32.7 Å². The van der Waals surface area contributed by atoms with Gasteiger partial charge in [0, 0.05) is 88.8 Å². The van der Waals surface area contributed by atoms with Crippen molar-refractivity contribution in [3.05, 3.63) is 178 Å². The number of nitrogens with zero attached hydrogens (tertiary/aromatic N) is 6. The molecule has 0 bridgehead atoms. The lowest BCUT2D eigenvalue weighted by atomic mass is 9.86. The molecular formula is C69H63N11O15S. The third kappa shape index (κ3) is 10.1. The zero-order valence-electron chi connectivity index (χ0n) is 52.7. The zero-order valence-corrected chi connectivity index (χ0v) is 52.6. The van der Waals surface area contributed by atoms with Gasteiger partial charge < -0.3 is 63.0 Å². The van der Waals surface area contributed by atoms with Gasteiger partial charge in [-0.05, 0) is 94.4 Å². The maximum absolute atomic E-state index is 13.6. The highest BCUT2D eigenvalue weighted by molar-refractivity contribution is 7.90. The van der Waals surface area contributed by atoms with Gasteiger partial charge in [0.25, 0.3) is 11.8 Å². The van der Waals surface area contributed by atoms with Crippen LogP contribution in [0.15, 0.2) is 127 Å². The van der Waals surface area contributed by atoms with Gasteiger partial charge in [-0.1, -0.05) is 72.8 Å². The van der Waals surface area contributed by atoms with Crippen molar-refractivity contribution in [2.24, 2.45) is 5.84 Å². The number of rotatable bonds is 9. The van der Waals surface area contributed by atoms with Crippen LogP contribution in [0.5, 0.6) is 34.5 Å². The standard InChI is InChI=1S/C25H25N3O6S.C22H18N4O5.C22H20N4O4/c1-35(31,32)10-4-9-27-13-22(29)28-19(25(27)30)12-17-16-5-2-3-6-18(16)26-23(17)24(28)15-7-8-20-21(11-15)34-14-33-20;27-10-23-25-9-19(28)26-16(22(25)29)8-14-13-3-1-2-4-15(13)24-20(14)21(26)12-5-6-17-18(7-12)31-11-30-17;1-11-29-17-7-6-12(8-18(17)30-11)21-20-14(13-4-2-3-5-15(13)24-20)9-16-22(28)25(23)10-19(27)26(16)21/h2-3,5-8,11,19,24,26H,4,9-10,12-14H2,1H3;1-7,10,16,21,24H,8-9,11H2,(H,23,27);2-8,11,16,21,24H,9-10,23H2,1H3/t19-,24-;16-,21-;11?,16?,21-/m111/s1/i;;11D. The number of nitrogens with one attached hydrogen (secondary N) is 4. The van der Waals surface area contributed by atoms with Gasteiger partial charge in [-0.3, -0.25) is 44.0 Å². The molecule has 3 aromatic heterocycles.